The van der Waals surface area contributed by atoms with Crippen molar-refractivity contribution in [1.82, 2.24) is 9.55 Å². The van der Waals surface area contributed by atoms with Gasteiger partial charge in [-0.15, -0.1) is 17.8 Å². The van der Waals surface area contributed by atoms with Crippen LogP contribution in [-0.2, 0) is 6.54 Å². The van der Waals surface area contributed by atoms with Gasteiger partial charge >= 0.3 is 11.7 Å². The van der Waals surface area contributed by atoms with Crippen LogP contribution in [0.4, 0.5) is 0 Å². The van der Waals surface area contributed by atoms with Crippen LogP contribution < -0.4 is 11.2 Å². The number of aromatic carboxylic acids is 1. The third-order valence-corrected chi connectivity index (χ3v) is 3.71. The second kappa shape index (κ2) is 4.16. The number of carboxylic acid groups (broad SMARTS) is 1. The van der Waals surface area contributed by atoms with E-state index in [0.29, 0.717) is 5.56 Å². The third-order valence-electron chi connectivity index (χ3n) is 2.52. The zero-order valence-corrected chi connectivity index (χ0v) is 10.1. The number of hydrogen-bond donors (Lipinski definition) is 2. The van der Waals surface area contributed by atoms with Gasteiger partial charge < -0.3 is 5.11 Å². The number of carbonyl (C=O) groups is 1. The molecule has 0 aromatic carbocycles. The number of carboxylic acids is 1. The second-order valence-electron chi connectivity index (χ2n) is 3.59. The van der Waals surface area contributed by atoms with E-state index in [2.05, 4.69) is 10.9 Å². The minimum Gasteiger partial charge on any atom is -0.477 e. The normalized spacial score (nSPS) is 10.4. The third kappa shape index (κ3) is 1.63. The Morgan fingerprint density at radius 3 is 2.78 bits per heavy atom. The van der Waals surface area contributed by atoms with Crippen LogP contribution in [0.25, 0.3) is 10.2 Å². The molecule has 0 spiro atoms. The number of fused-ring (bicyclic) bond motifs is 1. The second-order valence-corrected chi connectivity index (χ2v) is 4.61. The number of nitrogens with one attached hydrogen (secondary N) is 1. The van der Waals surface area contributed by atoms with Gasteiger partial charge in [-0.2, -0.15) is 0 Å². The number of aryl methyl sites for hydroxylation is 1. The number of H-pyrrole nitrogens is 1. The zero-order chi connectivity index (χ0) is 13.4. The lowest BCUT2D eigenvalue weighted by molar-refractivity contribution is 0.0701. The molecule has 92 valence electrons. The van der Waals surface area contributed by atoms with Gasteiger partial charge in [-0.05, 0) is 12.5 Å². The molecule has 0 saturated heterocycles. The summed E-state index contributed by atoms with van der Waals surface area (Å²) in [5, 5.41) is 9.18. The maximum absolute atomic E-state index is 12.1. The minimum atomic E-state index is -1.13. The topological polar surface area (TPSA) is 92.2 Å². The molecule has 2 aromatic rings. The Morgan fingerprint density at radius 2 is 2.22 bits per heavy atom. The van der Waals surface area contributed by atoms with E-state index in [1.165, 1.54) is 6.92 Å². The van der Waals surface area contributed by atoms with Gasteiger partial charge in [0, 0.05) is 0 Å². The van der Waals surface area contributed by atoms with Crippen LogP contribution >= 0.6 is 11.3 Å². The van der Waals surface area contributed by atoms with E-state index in [1.807, 2.05) is 0 Å². The molecule has 0 aliphatic heterocycles. The fourth-order valence-electron chi connectivity index (χ4n) is 1.69. The van der Waals surface area contributed by atoms with E-state index in [-0.39, 0.29) is 21.6 Å². The van der Waals surface area contributed by atoms with Crippen molar-refractivity contribution in [2.45, 2.75) is 13.5 Å². The quantitative estimate of drug-likeness (QED) is 0.767. The summed E-state index contributed by atoms with van der Waals surface area (Å²) in [6.45, 7) is 1.38. The van der Waals surface area contributed by atoms with Crippen LogP contribution in [0.1, 0.15) is 15.2 Å². The first-order valence-electron chi connectivity index (χ1n) is 4.90. The highest BCUT2D eigenvalue weighted by Gasteiger charge is 2.19. The molecule has 2 N–H and O–H groups in total. The summed E-state index contributed by atoms with van der Waals surface area (Å²) >= 11 is 0.867. The average molecular weight is 264 g/mol. The number of rotatable bonds is 2. The van der Waals surface area contributed by atoms with Crippen molar-refractivity contribution in [3.63, 3.8) is 0 Å². The van der Waals surface area contributed by atoms with Gasteiger partial charge in [0.05, 0.1) is 11.9 Å². The van der Waals surface area contributed by atoms with Crippen molar-refractivity contribution in [1.29, 1.82) is 0 Å². The first-order valence-corrected chi connectivity index (χ1v) is 5.72. The maximum atomic E-state index is 12.1. The van der Waals surface area contributed by atoms with Crippen molar-refractivity contribution in [3.8, 4) is 12.3 Å². The fraction of sp³-hybridized carbons (Fsp3) is 0.182. The molecule has 0 unspecified atom stereocenters. The van der Waals surface area contributed by atoms with Gasteiger partial charge in [0.1, 0.15) is 9.71 Å². The first kappa shape index (κ1) is 12.1. The highest BCUT2D eigenvalue weighted by atomic mass is 32.1. The lowest BCUT2D eigenvalue weighted by atomic mass is 10.2. The Morgan fingerprint density at radius 1 is 1.56 bits per heavy atom. The SMILES string of the molecule is C#CCn1c(=O)[nH]c2sc(C(=O)O)c(C)c2c1=O. The summed E-state index contributed by atoms with van der Waals surface area (Å²) in [6, 6.07) is 0. The highest BCUT2D eigenvalue weighted by molar-refractivity contribution is 7.20. The Hall–Kier alpha value is -2.33. The summed E-state index contributed by atoms with van der Waals surface area (Å²) < 4.78 is 0.869. The summed E-state index contributed by atoms with van der Waals surface area (Å²) in [7, 11) is 0. The van der Waals surface area contributed by atoms with Crippen molar-refractivity contribution in [2.75, 3.05) is 0 Å². The summed E-state index contributed by atoms with van der Waals surface area (Å²) in [4.78, 5) is 37.4. The van der Waals surface area contributed by atoms with E-state index < -0.39 is 17.2 Å². The molecule has 0 fully saturated rings. The number of aromatic nitrogens is 2. The highest BCUT2D eigenvalue weighted by Crippen LogP contribution is 2.25. The van der Waals surface area contributed by atoms with E-state index in [4.69, 9.17) is 11.5 Å². The molecule has 0 amide bonds. The van der Waals surface area contributed by atoms with Crippen molar-refractivity contribution in [3.05, 3.63) is 31.3 Å². The predicted octanol–water partition coefficient (Wildman–Crippen LogP) is 0.391. The van der Waals surface area contributed by atoms with Crippen LogP contribution in [0.2, 0.25) is 0 Å². The van der Waals surface area contributed by atoms with Crippen LogP contribution in [0.15, 0.2) is 9.59 Å². The van der Waals surface area contributed by atoms with Gasteiger partial charge in [-0.1, -0.05) is 5.92 Å². The molecule has 0 aliphatic rings. The summed E-state index contributed by atoms with van der Waals surface area (Å²) in [5.41, 5.74) is -0.855. The van der Waals surface area contributed by atoms with Crippen molar-refractivity contribution in [2.24, 2.45) is 0 Å². The number of terminal acetylenes is 1. The smallest absolute Gasteiger partial charge is 0.346 e. The number of nitrogens with zero attached hydrogens (tertiary/aromatic N) is 1. The Balaban J connectivity index is 2.95. The van der Waals surface area contributed by atoms with Gasteiger partial charge in [0.2, 0.25) is 0 Å². The maximum Gasteiger partial charge on any atom is 0.346 e. The van der Waals surface area contributed by atoms with Gasteiger partial charge in [0.25, 0.3) is 5.56 Å². The standard InChI is InChI=1S/C11H8N2O4S/c1-3-4-13-9(14)6-5(2)7(10(15)16)18-8(6)12-11(13)17/h1H,4H2,2H3,(H,12,17)(H,15,16). The molecule has 6 nitrogen and oxygen atoms in total. The fourth-order valence-corrected chi connectivity index (χ4v) is 2.72. The molecular weight excluding hydrogens is 256 g/mol. The van der Waals surface area contributed by atoms with E-state index in [0.717, 1.165) is 15.9 Å². The lowest BCUT2D eigenvalue weighted by Crippen LogP contribution is -2.34. The molecule has 0 radical (unpaired) electrons. The average Bonchev–Trinajstić information content (AvgIpc) is 2.62. The van der Waals surface area contributed by atoms with Crippen LogP contribution in [-0.4, -0.2) is 20.6 Å². The molecule has 7 heteroatoms. The van der Waals surface area contributed by atoms with E-state index in [1.54, 1.807) is 0 Å². The Kier molecular flexibility index (Phi) is 2.80. The summed E-state index contributed by atoms with van der Waals surface area (Å²) in [5.74, 6) is 1.08. The molecule has 0 aliphatic carbocycles. The number of thiophene rings is 1. The predicted molar refractivity (Wildman–Crippen MR) is 67.2 cm³/mol. The van der Waals surface area contributed by atoms with Gasteiger partial charge in [-0.25, -0.2) is 14.2 Å². The van der Waals surface area contributed by atoms with Gasteiger partial charge in [-0.3, -0.25) is 9.78 Å². The van der Waals surface area contributed by atoms with E-state index in [9.17, 15) is 14.4 Å². The summed E-state index contributed by atoms with van der Waals surface area (Å²) in [6.07, 6.45) is 5.08. The largest absolute Gasteiger partial charge is 0.477 e. The molecule has 0 bridgehead atoms. The van der Waals surface area contributed by atoms with Crippen LogP contribution in [0.3, 0.4) is 0 Å². The van der Waals surface area contributed by atoms with Gasteiger partial charge in [0.15, 0.2) is 0 Å². The van der Waals surface area contributed by atoms with Crippen molar-refractivity contribution < 1.29 is 9.90 Å². The molecule has 2 rings (SSSR count). The molecule has 2 heterocycles. The lowest BCUT2D eigenvalue weighted by Gasteiger charge is -1.99. The first-order chi connectivity index (χ1) is 8.47. The molecule has 2 aromatic heterocycles. The molecule has 18 heavy (non-hydrogen) atoms. The Labute approximate surface area is 105 Å². The number of hydrogen-bond acceptors (Lipinski definition) is 4. The monoisotopic (exact) mass is 264 g/mol. The van der Waals surface area contributed by atoms with Crippen LogP contribution in [0.5, 0.6) is 0 Å². The van der Waals surface area contributed by atoms with Crippen LogP contribution in [0, 0.1) is 19.3 Å². The number of aromatic amines is 1. The minimum absolute atomic E-state index is 0.0382. The molecule has 0 saturated carbocycles. The van der Waals surface area contributed by atoms with Crippen molar-refractivity contribution >= 4 is 27.5 Å². The molecular formula is C11H8N2O4S. The zero-order valence-electron chi connectivity index (χ0n) is 9.31. The van der Waals surface area contributed by atoms with E-state index >= 15 is 0 Å². The molecule has 0 atom stereocenters. The Bertz CT molecular complexity index is 803.